The highest BCUT2D eigenvalue weighted by Crippen LogP contribution is 2.12. The van der Waals surface area contributed by atoms with E-state index in [4.69, 9.17) is 0 Å². The molecule has 0 aromatic carbocycles. The van der Waals surface area contributed by atoms with Crippen molar-refractivity contribution in [3.63, 3.8) is 0 Å². The van der Waals surface area contributed by atoms with Crippen LogP contribution in [0.4, 0.5) is 0 Å². The molecule has 0 radical (unpaired) electrons. The summed E-state index contributed by atoms with van der Waals surface area (Å²) in [4.78, 5) is 0. The Labute approximate surface area is 84.9 Å². The molecule has 0 unspecified atom stereocenters. The SMILES string of the molecule is CCCc1nnc2ccc(Br)cn12. The number of aryl methyl sites for hydroxylation is 1. The van der Waals surface area contributed by atoms with Crippen LogP contribution in [0.5, 0.6) is 0 Å². The first-order valence-electron chi connectivity index (χ1n) is 4.30. The van der Waals surface area contributed by atoms with Crippen molar-refractivity contribution in [2.75, 3.05) is 0 Å². The van der Waals surface area contributed by atoms with Crippen LogP contribution in [0.3, 0.4) is 0 Å². The van der Waals surface area contributed by atoms with Crippen LogP contribution in [0.2, 0.25) is 0 Å². The second-order valence-electron chi connectivity index (χ2n) is 2.94. The molecule has 0 atom stereocenters. The van der Waals surface area contributed by atoms with Crippen molar-refractivity contribution in [1.82, 2.24) is 14.6 Å². The average Bonchev–Trinajstić information content (AvgIpc) is 2.49. The maximum Gasteiger partial charge on any atom is 0.160 e. The number of halogens is 1. The molecule has 13 heavy (non-hydrogen) atoms. The normalized spacial score (nSPS) is 10.9. The molecule has 0 aliphatic carbocycles. The highest BCUT2D eigenvalue weighted by molar-refractivity contribution is 9.10. The number of hydrogen-bond acceptors (Lipinski definition) is 2. The lowest BCUT2D eigenvalue weighted by Gasteiger charge is -1.97. The Morgan fingerprint density at radius 3 is 3.00 bits per heavy atom. The molecule has 0 aliphatic heterocycles. The van der Waals surface area contributed by atoms with Gasteiger partial charge in [-0.25, -0.2) is 0 Å². The van der Waals surface area contributed by atoms with E-state index in [9.17, 15) is 0 Å². The van der Waals surface area contributed by atoms with Crippen molar-refractivity contribution in [1.29, 1.82) is 0 Å². The van der Waals surface area contributed by atoms with E-state index in [2.05, 4.69) is 33.1 Å². The standard InChI is InChI=1S/C9H10BrN3/c1-2-3-8-11-12-9-5-4-7(10)6-13(8)9/h4-6H,2-3H2,1H3. The Hall–Kier alpha value is -0.900. The van der Waals surface area contributed by atoms with Gasteiger partial charge in [0, 0.05) is 17.1 Å². The van der Waals surface area contributed by atoms with Crippen molar-refractivity contribution in [2.24, 2.45) is 0 Å². The van der Waals surface area contributed by atoms with Gasteiger partial charge in [0.25, 0.3) is 0 Å². The lowest BCUT2D eigenvalue weighted by molar-refractivity contribution is 0.817. The number of nitrogens with zero attached hydrogens (tertiary/aromatic N) is 3. The van der Waals surface area contributed by atoms with E-state index < -0.39 is 0 Å². The van der Waals surface area contributed by atoms with Crippen LogP contribution in [0, 0.1) is 0 Å². The van der Waals surface area contributed by atoms with Gasteiger partial charge in [-0.05, 0) is 34.5 Å². The van der Waals surface area contributed by atoms with Crippen LogP contribution >= 0.6 is 15.9 Å². The van der Waals surface area contributed by atoms with Crippen LogP contribution in [0.15, 0.2) is 22.8 Å². The molecule has 4 heteroatoms. The number of hydrogen-bond donors (Lipinski definition) is 0. The zero-order valence-corrected chi connectivity index (χ0v) is 8.95. The van der Waals surface area contributed by atoms with Gasteiger partial charge in [-0.3, -0.25) is 4.40 Å². The van der Waals surface area contributed by atoms with Gasteiger partial charge in [0.05, 0.1) is 0 Å². The van der Waals surface area contributed by atoms with E-state index in [1.165, 1.54) is 0 Å². The maximum atomic E-state index is 4.12. The number of aromatic nitrogens is 3. The molecule has 3 nitrogen and oxygen atoms in total. The lowest BCUT2D eigenvalue weighted by Crippen LogP contribution is -1.93. The van der Waals surface area contributed by atoms with Crippen molar-refractivity contribution < 1.29 is 0 Å². The topological polar surface area (TPSA) is 30.2 Å². The smallest absolute Gasteiger partial charge is 0.160 e. The molecule has 0 N–H and O–H groups in total. The fourth-order valence-corrected chi connectivity index (χ4v) is 1.64. The van der Waals surface area contributed by atoms with Crippen LogP contribution in [0.1, 0.15) is 19.2 Å². The molecule has 2 aromatic rings. The van der Waals surface area contributed by atoms with Crippen molar-refractivity contribution in [3.8, 4) is 0 Å². The predicted molar refractivity (Wildman–Crippen MR) is 54.7 cm³/mol. The maximum absolute atomic E-state index is 4.12. The summed E-state index contributed by atoms with van der Waals surface area (Å²) in [6.07, 6.45) is 4.06. The Morgan fingerprint density at radius 2 is 2.23 bits per heavy atom. The van der Waals surface area contributed by atoms with Gasteiger partial charge in [0.2, 0.25) is 0 Å². The summed E-state index contributed by atoms with van der Waals surface area (Å²) < 4.78 is 3.07. The minimum absolute atomic E-state index is 0.909. The van der Waals surface area contributed by atoms with Crippen LogP contribution in [-0.4, -0.2) is 14.6 Å². The van der Waals surface area contributed by atoms with Crippen molar-refractivity contribution in [3.05, 3.63) is 28.6 Å². The molecular formula is C9H10BrN3. The summed E-state index contributed by atoms with van der Waals surface area (Å²) in [5.41, 5.74) is 0.909. The van der Waals surface area contributed by atoms with Gasteiger partial charge >= 0.3 is 0 Å². The Morgan fingerprint density at radius 1 is 1.38 bits per heavy atom. The molecule has 0 aliphatic rings. The van der Waals surface area contributed by atoms with E-state index in [1.807, 2.05) is 22.7 Å². The van der Waals surface area contributed by atoms with Crippen molar-refractivity contribution in [2.45, 2.75) is 19.8 Å². The molecule has 68 valence electrons. The summed E-state index contributed by atoms with van der Waals surface area (Å²) >= 11 is 3.43. The molecule has 2 heterocycles. The third kappa shape index (κ3) is 1.58. The van der Waals surface area contributed by atoms with E-state index in [-0.39, 0.29) is 0 Å². The fraction of sp³-hybridized carbons (Fsp3) is 0.333. The van der Waals surface area contributed by atoms with Crippen LogP contribution < -0.4 is 0 Å². The summed E-state index contributed by atoms with van der Waals surface area (Å²) in [6, 6.07) is 3.93. The first-order valence-corrected chi connectivity index (χ1v) is 5.09. The molecule has 0 spiro atoms. The number of fused-ring (bicyclic) bond motifs is 1. The Balaban J connectivity index is 2.58. The van der Waals surface area contributed by atoms with Crippen LogP contribution in [0.25, 0.3) is 5.65 Å². The zero-order valence-electron chi connectivity index (χ0n) is 7.37. The van der Waals surface area contributed by atoms with Gasteiger partial charge in [0.1, 0.15) is 5.82 Å². The third-order valence-electron chi connectivity index (χ3n) is 1.91. The van der Waals surface area contributed by atoms with Gasteiger partial charge < -0.3 is 0 Å². The largest absolute Gasteiger partial charge is 0.285 e. The second-order valence-corrected chi connectivity index (χ2v) is 3.86. The van der Waals surface area contributed by atoms with E-state index in [1.54, 1.807) is 0 Å². The molecular weight excluding hydrogens is 230 g/mol. The molecule has 0 saturated carbocycles. The Bertz CT molecular complexity index is 422. The monoisotopic (exact) mass is 239 g/mol. The third-order valence-corrected chi connectivity index (χ3v) is 2.38. The highest BCUT2D eigenvalue weighted by atomic mass is 79.9. The van der Waals surface area contributed by atoms with Gasteiger partial charge in [-0.1, -0.05) is 6.92 Å². The van der Waals surface area contributed by atoms with Gasteiger partial charge in [0.15, 0.2) is 5.65 Å². The second kappa shape index (κ2) is 3.46. The molecule has 0 saturated heterocycles. The molecule has 2 rings (SSSR count). The van der Waals surface area contributed by atoms with E-state index >= 15 is 0 Å². The summed E-state index contributed by atoms with van der Waals surface area (Å²) in [5, 5.41) is 8.19. The minimum atomic E-state index is 0.909. The predicted octanol–water partition coefficient (Wildman–Crippen LogP) is 2.44. The molecule has 0 fully saturated rings. The summed E-state index contributed by atoms with van der Waals surface area (Å²) in [7, 11) is 0. The lowest BCUT2D eigenvalue weighted by atomic mass is 10.3. The van der Waals surface area contributed by atoms with E-state index in [0.717, 1.165) is 28.8 Å². The molecule has 0 bridgehead atoms. The first-order chi connectivity index (χ1) is 6.31. The quantitative estimate of drug-likeness (QED) is 0.806. The van der Waals surface area contributed by atoms with Crippen LogP contribution in [-0.2, 0) is 6.42 Å². The molecule has 2 aromatic heterocycles. The number of rotatable bonds is 2. The molecule has 0 amide bonds. The van der Waals surface area contributed by atoms with Crippen molar-refractivity contribution >= 4 is 21.6 Å². The van der Waals surface area contributed by atoms with E-state index in [0.29, 0.717) is 0 Å². The zero-order chi connectivity index (χ0) is 9.26. The first kappa shape index (κ1) is 8.69. The van der Waals surface area contributed by atoms with Gasteiger partial charge in [-0.2, -0.15) is 0 Å². The summed E-state index contributed by atoms with van der Waals surface area (Å²) in [5.74, 6) is 1.03. The van der Waals surface area contributed by atoms with Gasteiger partial charge in [-0.15, -0.1) is 10.2 Å². The fourth-order valence-electron chi connectivity index (χ4n) is 1.31. The highest BCUT2D eigenvalue weighted by Gasteiger charge is 2.03. The average molecular weight is 240 g/mol. The minimum Gasteiger partial charge on any atom is -0.285 e. The Kier molecular flexibility index (Phi) is 2.31. The summed E-state index contributed by atoms with van der Waals surface area (Å²) in [6.45, 7) is 2.14. The number of pyridine rings is 1.